The molecule has 0 aliphatic rings. The highest BCUT2D eigenvalue weighted by Gasteiger charge is 2.40. The van der Waals surface area contributed by atoms with E-state index in [9.17, 15) is 9.59 Å². The molecule has 0 amide bonds. The van der Waals surface area contributed by atoms with Crippen molar-refractivity contribution >= 4 is 34.1 Å². The normalized spacial score (nSPS) is 15.0. The second-order valence-corrected chi connectivity index (χ2v) is 5.61. The van der Waals surface area contributed by atoms with Crippen molar-refractivity contribution in [3.63, 3.8) is 0 Å². The van der Waals surface area contributed by atoms with Gasteiger partial charge in [0.15, 0.2) is 0 Å². The van der Waals surface area contributed by atoms with E-state index in [-0.39, 0.29) is 5.54 Å². The van der Waals surface area contributed by atoms with Crippen LogP contribution in [0.3, 0.4) is 0 Å². The van der Waals surface area contributed by atoms with E-state index < -0.39 is 8.80 Å². The summed E-state index contributed by atoms with van der Waals surface area (Å²) in [6, 6.07) is 0. The lowest BCUT2D eigenvalue weighted by Crippen LogP contribution is -2.44. The van der Waals surface area contributed by atoms with Crippen LogP contribution in [0.25, 0.3) is 0 Å². The van der Waals surface area contributed by atoms with E-state index in [1.165, 1.54) is 7.11 Å². The van der Waals surface area contributed by atoms with Crippen molar-refractivity contribution in [1.82, 2.24) is 0 Å². The molecule has 0 aliphatic heterocycles. The highest BCUT2D eigenvalue weighted by atomic mass is 32.1. The van der Waals surface area contributed by atoms with Crippen molar-refractivity contribution in [2.24, 2.45) is 0 Å². The number of thiol groups is 2. The van der Waals surface area contributed by atoms with Gasteiger partial charge in [-0.2, -0.15) is 25.3 Å². The third-order valence-corrected chi connectivity index (χ3v) is 4.73. The fourth-order valence-electron chi connectivity index (χ4n) is 0.721. The molecule has 1 atom stereocenters. The van der Waals surface area contributed by atoms with Crippen molar-refractivity contribution in [2.45, 2.75) is 12.0 Å². The smallest absolute Gasteiger partial charge is 0.390 e. The van der Waals surface area contributed by atoms with Crippen molar-refractivity contribution in [2.75, 3.05) is 18.6 Å². The molecule has 0 saturated carbocycles. The van der Waals surface area contributed by atoms with Crippen LogP contribution >= 0.6 is 25.3 Å². The Hall–Kier alpha value is 0.797. The van der Waals surface area contributed by atoms with E-state index in [2.05, 4.69) is 29.7 Å². The monoisotopic (exact) mass is 214 g/mol. The lowest BCUT2D eigenvalue weighted by atomic mass is 10.4. The van der Waals surface area contributed by atoms with Gasteiger partial charge in [0.05, 0.1) is 0 Å². The van der Waals surface area contributed by atoms with Crippen molar-refractivity contribution in [3.05, 3.63) is 0 Å². The number of rotatable bonds is 5. The Morgan fingerprint density at radius 3 is 2.27 bits per heavy atom. The second-order valence-electron chi connectivity index (χ2n) is 2.25. The SMILES string of the molecule is CO[Si](O)(O)C(CS)CCS. The summed E-state index contributed by atoms with van der Waals surface area (Å²) < 4.78 is 4.61. The molecule has 0 aliphatic carbocycles. The summed E-state index contributed by atoms with van der Waals surface area (Å²) in [5, 5.41) is 0. The largest absolute Gasteiger partial charge is 0.499 e. The summed E-state index contributed by atoms with van der Waals surface area (Å²) in [6.45, 7) is 0. The summed E-state index contributed by atoms with van der Waals surface area (Å²) in [7, 11) is -2.15. The van der Waals surface area contributed by atoms with E-state index in [0.717, 1.165) is 0 Å². The summed E-state index contributed by atoms with van der Waals surface area (Å²) in [5.74, 6) is 1.04. The molecule has 0 saturated heterocycles. The first-order valence-corrected chi connectivity index (χ1v) is 6.44. The van der Waals surface area contributed by atoms with Crippen molar-refractivity contribution in [3.8, 4) is 0 Å². The van der Waals surface area contributed by atoms with E-state index >= 15 is 0 Å². The minimum atomic E-state index is -3.45. The first kappa shape index (κ1) is 11.8. The second kappa shape index (κ2) is 5.44. The fraction of sp³-hybridized carbons (Fsp3) is 1.00. The molecule has 3 nitrogen and oxygen atoms in total. The van der Waals surface area contributed by atoms with E-state index in [4.69, 9.17) is 0 Å². The van der Waals surface area contributed by atoms with Crippen LogP contribution in [0.1, 0.15) is 6.42 Å². The molecule has 0 spiro atoms. The molecule has 0 radical (unpaired) electrons. The fourth-order valence-corrected chi connectivity index (χ4v) is 3.26. The zero-order chi connectivity index (χ0) is 8.91. The molecule has 0 rings (SSSR count). The third kappa shape index (κ3) is 3.82. The Morgan fingerprint density at radius 2 is 2.00 bits per heavy atom. The van der Waals surface area contributed by atoms with Crippen molar-refractivity contribution < 1.29 is 14.0 Å². The van der Waals surface area contributed by atoms with Crippen molar-refractivity contribution in [1.29, 1.82) is 0 Å². The molecule has 11 heavy (non-hydrogen) atoms. The highest BCUT2D eigenvalue weighted by molar-refractivity contribution is 7.80. The molecule has 0 fully saturated rings. The molecule has 0 heterocycles. The zero-order valence-electron chi connectivity index (χ0n) is 6.40. The summed E-state index contributed by atoms with van der Waals surface area (Å²) in [5.41, 5.74) is -0.256. The maximum absolute atomic E-state index is 9.30. The molecule has 6 heteroatoms. The van der Waals surface area contributed by atoms with Crippen LogP contribution in [0.5, 0.6) is 0 Å². The Kier molecular flexibility index (Phi) is 5.84. The van der Waals surface area contributed by atoms with Gasteiger partial charge in [0.1, 0.15) is 0 Å². The average Bonchev–Trinajstić information content (AvgIpc) is 2.00. The van der Waals surface area contributed by atoms with Gasteiger partial charge < -0.3 is 14.0 Å². The van der Waals surface area contributed by atoms with E-state index in [1.807, 2.05) is 0 Å². The molecular formula is C5H14O3S2Si. The predicted octanol–water partition coefficient (Wildman–Crippen LogP) is 0.176. The quantitative estimate of drug-likeness (QED) is 0.390. The topological polar surface area (TPSA) is 49.7 Å². The Morgan fingerprint density at radius 1 is 1.45 bits per heavy atom. The Bertz CT molecular complexity index is 112. The van der Waals surface area contributed by atoms with Crippen LogP contribution in [0.15, 0.2) is 0 Å². The molecule has 2 N–H and O–H groups in total. The minimum absolute atomic E-state index is 0.256. The van der Waals surface area contributed by atoms with Gasteiger partial charge in [-0.25, -0.2) is 0 Å². The molecule has 0 aromatic carbocycles. The standard InChI is InChI=1S/C5H14O3S2Si/c1-8-11(6,7)5(4-10)2-3-9/h5-7,9-10H,2-4H2,1H3. The van der Waals surface area contributed by atoms with Crippen LogP contribution in [0.2, 0.25) is 5.54 Å². The van der Waals surface area contributed by atoms with Crippen LogP contribution < -0.4 is 0 Å². The lowest BCUT2D eigenvalue weighted by Gasteiger charge is -2.23. The molecule has 68 valence electrons. The van der Waals surface area contributed by atoms with E-state index in [0.29, 0.717) is 17.9 Å². The van der Waals surface area contributed by atoms with Gasteiger partial charge in [-0.15, -0.1) is 0 Å². The van der Waals surface area contributed by atoms with Gasteiger partial charge in [0.25, 0.3) is 0 Å². The van der Waals surface area contributed by atoms with Gasteiger partial charge >= 0.3 is 8.80 Å². The van der Waals surface area contributed by atoms with Gasteiger partial charge in [-0.3, -0.25) is 0 Å². The Labute approximate surface area is 79.0 Å². The Balaban J connectivity index is 3.99. The summed E-state index contributed by atoms with van der Waals surface area (Å²) >= 11 is 7.99. The zero-order valence-corrected chi connectivity index (χ0v) is 9.18. The summed E-state index contributed by atoms with van der Waals surface area (Å²) in [6.07, 6.45) is 0.625. The van der Waals surface area contributed by atoms with Gasteiger partial charge in [0.2, 0.25) is 0 Å². The number of hydrogen-bond acceptors (Lipinski definition) is 5. The van der Waals surface area contributed by atoms with Crippen LogP contribution in [0.4, 0.5) is 0 Å². The van der Waals surface area contributed by atoms with Crippen LogP contribution in [0, 0.1) is 0 Å². The molecule has 0 aromatic heterocycles. The number of hydrogen-bond donors (Lipinski definition) is 4. The average molecular weight is 214 g/mol. The summed E-state index contributed by atoms with van der Waals surface area (Å²) in [4.78, 5) is 18.6. The van der Waals surface area contributed by atoms with Crippen LogP contribution in [-0.4, -0.2) is 37.0 Å². The van der Waals surface area contributed by atoms with E-state index in [1.54, 1.807) is 0 Å². The van der Waals surface area contributed by atoms with Gasteiger partial charge in [-0.1, -0.05) is 0 Å². The first-order chi connectivity index (χ1) is 5.08. The lowest BCUT2D eigenvalue weighted by molar-refractivity contribution is 0.172. The highest BCUT2D eigenvalue weighted by Crippen LogP contribution is 2.23. The maximum atomic E-state index is 9.30. The predicted molar refractivity (Wildman–Crippen MR) is 53.3 cm³/mol. The molecular weight excluding hydrogens is 200 g/mol. The minimum Gasteiger partial charge on any atom is -0.390 e. The van der Waals surface area contributed by atoms with Gasteiger partial charge in [-0.05, 0) is 17.9 Å². The molecule has 0 aromatic rings. The molecule has 0 bridgehead atoms. The van der Waals surface area contributed by atoms with Crippen LogP contribution in [-0.2, 0) is 4.43 Å². The molecule has 1 unspecified atom stereocenters. The first-order valence-electron chi connectivity index (χ1n) is 3.30. The third-order valence-electron chi connectivity index (χ3n) is 1.53. The maximum Gasteiger partial charge on any atom is 0.499 e. The van der Waals surface area contributed by atoms with Gasteiger partial charge in [0, 0.05) is 12.7 Å².